The molecule has 5 rings (SSSR count). The SMILES string of the molecule is COc1ccc(Cl)c(-c2cc3[nH]c(=O)n(-c4cncc5cccnc45)c(=O)c3s2)c1. The van der Waals surface area contributed by atoms with Crippen molar-refractivity contribution in [3.8, 4) is 21.9 Å². The molecule has 30 heavy (non-hydrogen) atoms. The molecule has 0 saturated carbocycles. The summed E-state index contributed by atoms with van der Waals surface area (Å²) >= 11 is 7.61. The van der Waals surface area contributed by atoms with Crippen molar-refractivity contribution in [3.05, 3.63) is 80.8 Å². The molecule has 0 unspecified atom stereocenters. The molecule has 0 aliphatic rings. The van der Waals surface area contributed by atoms with Gasteiger partial charge in [-0.3, -0.25) is 14.8 Å². The normalized spacial score (nSPS) is 11.3. The van der Waals surface area contributed by atoms with Gasteiger partial charge < -0.3 is 9.72 Å². The Morgan fingerprint density at radius 1 is 1.17 bits per heavy atom. The quantitative estimate of drug-likeness (QED) is 0.461. The number of pyridine rings is 2. The van der Waals surface area contributed by atoms with E-state index in [2.05, 4.69) is 15.0 Å². The zero-order chi connectivity index (χ0) is 20.8. The van der Waals surface area contributed by atoms with Gasteiger partial charge in [-0.1, -0.05) is 11.6 Å². The smallest absolute Gasteiger partial charge is 0.333 e. The summed E-state index contributed by atoms with van der Waals surface area (Å²) in [7, 11) is 1.57. The van der Waals surface area contributed by atoms with Gasteiger partial charge in [-0.05, 0) is 36.4 Å². The lowest BCUT2D eigenvalue weighted by atomic mass is 10.2. The van der Waals surface area contributed by atoms with Crippen LogP contribution in [0.4, 0.5) is 0 Å². The van der Waals surface area contributed by atoms with Crippen molar-refractivity contribution in [3.63, 3.8) is 0 Å². The fourth-order valence-electron chi connectivity index (χ4n) is 3.33. The minimum absolute atomic E-state index is 0.329. The number of methoxy groups -OCH3 is 1. The van der Waals surface area contributed by atoms with E-state index in [4.69, 9.17) is 16.3 Å². The molecule has 9 heteroatoms. The van der Waals surface area contributed by atoms with Gasteiger partial charge in [0.05, 0.1) is 30.0 Å². The Morgan fingerprint density at radius 3 is 2.87 bits per heavy atom. The Balaban J connectivity index is 1.78. The van der Waals surface area contributed by atoms with Gasteiger partial charge in [0.2, 0.25) is 0 Å². The van der Waals surface area contributed by atoms with Gasteiger partial charge in [0.25, 0.3) is 5.56 Å². The number of rotatable bonds is 3. The topological polar surface area (TPSA) is 89.9 Å². The van der Waals surface area contributed by atoms with E-state index in [-0.39, 0.29) is 0 Å². The van der Waals surface area contributed by atoms with Crippen LogP contribution >= 0.6 is 22.9 Å². The minimum Gasteiger partial charge on any atom is -0.497 e. The number of halogens is 1. The van der Waals surface area contributed by atoms with Gasteiger partial charge in [-0.25, -0.2) is 9.36 Å². The highest BCUT2D eigenvalue weighted by Crippen LogP contribution is 2.37. The maximum absolute atomic E-state index is 13.3. The molecule has 1 N–H and O–H groups in total. The maximum atomic E-state index is 13.3. The summed E-state index contributed by atoms with van der Waals surface area (Å²) in [5, 5.41) is 1.25. The van der Waals surface area contributed by atoms with Crippen molar-refractivity contribution in [1.29, 1.82) is 0 Å². The van der Waals surface area contributed by atoms with E-state index in [1.807, 2.05) is 6.07 Å². The van der Waals surface area contributed by atoms with Gasteiger partial charge in [0, 0.05) is 33.2 Å². The number of thiophene rings is 1. The fourth-order valence-corrected chi connectivity index (χ4v) is 4.68. The Labute approximate surface area is 178 Å². The minimum atomic E-state index is -0.562. The molecular weight excluding hydrogens is 424 g/mol. The highest BCUT2D eigenvalue weighted by atomic mass is 35.5. The number of aromatic amines is 1. The highest BCUT2D eigenvalue weighted by Gasteiger charge is 2.17. The molecule has 7 nitrogen and oxygen atoms in total. The van der Waals surface area contributed by atoms with E-state index in [9.17, 15) is 9.59 Å². The average Bonchev–Trinajstić information content (AvgIpc) is 3.18. The van der Waals surface area contributed by atoms with E-state index in [1.54, 1.807) is 49.8 Å². The summed E-state index contributed by atoms with van der Waals surface area (Å²) in [6.45, 7) is 0. The van der Waals surface area contributed by atoms with Crippen LogP contribution in [0.3, 0.4) is 0 Å². The second-order valence-corrected chi connectivity index (χ2v) is 7.96. The molecule has 0 spiro atoms. The summed E-state index contributed by atoms with van der Waals surface area (Å²) in [4.78, 5) is 38.1. The Morgan fingerprint density at radius 2 is 2.03 bits per heavy atom. The third-order valence-electron chi connectivity index (χ3n) is 4.75. The zero-order valence-corrected chi connectivity index (χ0v) is 17.1. The molecule has 0 bridgehead atoms. The Hall–Kier alpha value is -3.49. The Kier molecular flexibility index (Phi) is 4.38. The van der Waals surface area contributed by atoms with Crippen molar-refractivity contribution in [1.82, 2.24) is 19.5 Å². The van der Waals surface area contributed by atoms with Gasteiger partial charge in [0.1, 0.15) is 10.4 Å². The van der Waals surface area contributed by atoms with Crippen molar-refractivity contribution in [2.45, 2.75) is 0 Å². The van der Waals surface area contributed by atoms with Crippen LogP contribution in [-0.4, -0.2) is 26.6 Å². The second-order valence-electron chi connectivity index (χ2n) is 6.50. The summed E-state index contributed by atoms with van der Waals surface area (Å²) in [5.41, 5.74) is 1.01. The van der Waals surface area contributed by atoms with Gasteiger partial charge in [-0.2, -0.15) is 0 Å². The predicted octanol–water partition coefficient (Wildman–Crippen LogP) is 4.01. The van der Waals surface area contributed by atoms with Crippen molar-refractivity contribution in [2.75, 3.05) is 7.11 Å². The Bertz CT molecular complexity index is 1550. The van der Waals surface area contributed by atoms with Gasteiger partial charge >= 0.3 is 5.69 Å². The molecule has 5 aromatic rings. The highest BCUT2D eigenvalue weighted by molar-refractivity contribution is 7.22. The largest absolute Gasteiger partial charge is 0.497 e. The number of nitrogens with one attached hydrogen (secondary N) is 1. The molecular formula is C21H13ClN4O3S. The van der Waals surface area contributed by atoms with Crippen LogP contribution < -0.4 is 16.0 Å². The van der Waals surface area contributed by atoms with Crippen molar-refractivity contribution in [2.24, 2.45) is 0 Å². The maximum Gasteiger partial charge on any atom is 0.333 e. The first-order valence-electron chi connectivity index (χ1n) is 8.88. The van der Waals surface area contributed by atoms with Crippen LogP contribution in [-0.2, 0) is 0 Å². The number of hydrogen-bond acceptors (Lipinski definition) is 6. The molecule has 0 atom stereocenters. The molecule has 0 fully saturated rings. The fraction of sp³-hybridized carbons (Fsp3) is 0.0476. The molecule has 0 amide bonds. The monoisotopic (exact) mass is 436 g/mol. The summed E-state index contributed by atoms with van der Waals surface area (Å²) in [5.74, 6) is 0.644. The number of ether oxygens (including phenoxy) is 1. The van der Waals surface area contributed by atoms with Gasteiger partial charge in [-0.15, -0.1) is 11.3 Å². The van der Waals surface area contributed by atoms with Crippen LogP contribution in [0.2, 0.25) is 5.02 Å². The third-order valence-corrected chi connectivity index (χ3v) is 6.23. The van der Waals surface area contributed by atoms with Crippen molar-refractivity contribution < 1.29 is 4.74 Å². The first-order valence-corrected chi connectivity index (χ1v) is 10.1. The number of H-pyrrole nitrogens is 1. The van der Waals surface area contributed by atoms with Crippen LogP contribution in [0.5, 0.6) is 5.75 Å². The first-order chi connectivity index (χ1) is 14.6. The van der Waals surface area contributed by atoms with E-state index in [0.29, 0.717) is 32.2 Å². The molecule has 148 valence electrons. The van der Waals surface area contributed by atoms with Crippen LogP contribution in [0.25, 0.3) is 37.2 Å². The average molecular weight is 437 g/mol. The van der Waals surface area contributed by atoms with E-state index >= 15 is 0 Å². The van der Waals surface area contributed by atoms with E-state index in [1.165, 1.54) is 17.5 Å². The van der Waals surface area contributed by atoms with Crippen LogP contribution in [0.15, 0.2) is 64.6 Å². The molecule has 4 aromatic heterocycles. The number of hydrogen-bond donors (Lipinski definition) is 1. The summed E-state index contributed by atoms with van der Waals surface area (Å²) < 4.78 is 6.74. The number of nitrogens with zero attached hydrogens (tertiary/aromatic N) is 3. The van der Waals surface area contributed by atoms with Gasteiger partial charge in [0.15, 0.2) is 0 Å². The lowest BCUT2D eigenvalue weighted by Crippen LogP contribution is -2.33. The lowest BCUT2D eigenvalue weighted by Gasteiger charge is -2.06. The zero-order valence-electron chi connectivity index (χ0n) is 15.5. The predicted molar refractivity (Wildman–Crippen MR) is 118 cm³/mol. The van der Waals surface area contributed by atoms with Crippen LogP contribution in [0.1, 0.15) is 0 Å². The van der Waals surface area contributed by atoms with Crippen molar-refractivity contribution >= 4 is 44.1 Å². The lowest BCUT2D eigenvalue weighted by molar-refractivity contribution is 0.415. The number of aromatic nitrogens is 4. The number of benzene rings is 1. The third kappa shape index (κ3) is 2.89. The molecule has 0 aliphatic carbocycles. The second kappa shape index (κ2) is 7.08. The molecule has 4 heterocycles. The number of fused-ring (bicyclic) bond motifs is 2. The summed E-state index contributed by atoms with van der Waals surface area (Å²) in [6, 6.07) is 10.6. The standard InChI is InChI=1S/C21H13ClN4O3S/c1-29-12-4-5-14(22)13(7-12)17-8-15-19(30-17)20(27)26(21(28)25-15)16-10-23-9-11-3-2-6-24-18(11)16/h2-10H,1H3,(H,25,28). The summed E-state index contributed by atoms with van der Waals surface area (Å²) in [6.07, 6.45) is 4.71. The molecule has 0 aliphatic heterocycles. The molecule has 1 aromatic carbocycles. The van der Waals surface area contributed by atoms with E-state index < -0.39 is 11.2 Å². The molecule has 0 saturated heterocycles. The molecule has 0 radical (unpaired) electrons. The van der Waals surface area contributed by atoms with E-state index in [0.717, 1.165) is 20.4 Å². The first kappa shape index (κ1) is 18.5. The van der Waals surface area contributed by atoms with Crippen LogP contribution in [0, 0.1) is 0 Å².